The van der Waals surface area contributed by atoms with E-state index >= 15 is 4.39 Å². The van der Waals surface area contributed by atoms with Gasteiger partial charge in [0.1, 0.15) is 17.1 Å². The molecule has 4 aromatic rings. The Morgan fingerprint density at radius 2 is 1.86 bits per heavy atom. The fourth-order valence-corrected chi connectivity index (χ4v) is 4.83. The highest BCUT2D eigenvalue weighted by Crippen LogP contribution is 2.38. The number of phenols is 1. The van der Waals surface area contributed by atoms with Gasteiger partial charge in [0.15, 0.2) is 5.82 Å². The van der Waals surface area contributed by atoms with Crippen molar-refractivity contribution >= 4 is 33.4 Å². The molecule has 1 aromatic heterocycles. The van der Waals surface area contributed by atoms with Crippen LogP contribution in [0.2, 0.25) is 0 Å². The van der Waals surface area contributed by atoms with Crippen molar-refractivity contribution in [1.29, 1.82) is 0 Å². The summed E-state index contributed by atoms with van der Waals surface area (Å²) >= 11 is 0. The van der Waals surface area contributed by atoms with Crippen molar-refractivity contribution in [3.8, 4) is 16.9 Å². The van der Waals surface area contributed by atoms with Gasteiger partial charge in [0.05, 0.1) is 0 Å². The fraction of sp³-hybridized carbons (Fsp3) is 0.259. The number of benzene rings is 3. The van der Waals surface area contributed by atoms with Crippen LogP contribution in [0.5, 0.6) is 5.75 Å². The van der Waals surface area contributed by atoms with Gasteiger partial charge in [0.25, 0.3) is 0 Å². The van der Waals surface area contributed by atoms with Crippen molar-refractivity contribution < 1.29 is 9.50 Å². The van der Waals surface area contributed by atoms with Gasteiger partial charge in [0.2, 0.25) is 5.95 Å². The van der Waals surface area contributed by atoms with E-state index in [1.807, 2.05) is 47.6 Å². The molecule has 3 aromatic carbocycles. The molecule has 3 heterocycles. The van der Waals surface area contributed by atoms with Gasteiger partial charge in [-0.05, 0) is 48.6 Å². The molecule has 0 atom stereocenters. The lowest BCUT2D eigenvalue weighted by molar-refractivity contribution is 0.245. The Kier molecular flexibility index (Phi) is 5.18. The van der Waals surface area contributed by atoms with Gasteiger partial charge < -0.3 is 25.1 Å². The van der Waals surface area contributed by atoms with Crippen molar-refractivity contribution in [1.82, 2.24) is 20.2 Å². The number of halogens is 1. The third-order valence-electron chi connectivity index (χ3n) is 6.93. The first-order chi connectivity index (χ1) is 17.0. The summed E-state index contributed by atoms with van der Waals surface area (Å²) in [4.78, 5) is 15.9. The maximum absolute atomic E-state index is 16.3. The number of rotatable bonds is 4. The number of hydrogen-bond acceptors (Lipinski definition) is 7. The van der Waals surface area contributed by atoms with Gasteiger partial charge in [0, 0.05) is 55.6 Å². The first-order valence-electron chi connectivity index (χ1n) is 11.8. The van der Waals surface area contributed by atoms with Crippen LogP contribution in [0, 0.1) is 5.82 Å². The van der Waals surface area contributed by atoms with E-state index in [1.54, 1.807) is 18.2 Å². The molecule has 0 amide bonds. The van der Waals surface area contributed by atoms with E-state index in [0.29, 0.717) is 34.3 Å². The van der Waals surface area contributed by atoms with Gasteiger partial charge in [-0.1, -0.05) is 30.3 Å². The van der Waals surface area contributed by atoms with Crippen molar-refractivity contribution in [2.24, 2.45) is 0 Å². The summed E-state index contributed by atoms with van der Waals surface area (Å²) < 4.78 is 16.3. The standard InChI is InChI=1S/C27H27FN6O/c1-32(2)18-15-34(16-18)27-30-25-22(26(31-27)33-11-9-29-10-12-33)8-7-21(24(25)28)23-14-19(35)13-17-5-3-4-6-20(17)23/h3-9,11,13-14,18,29,35H,10,12,15-16H2,1-2H3. The molecule has 2 aliphatic heterocycles. The predicted molar refractivity (Wildman–Crippen MR) is 138 cm³/mol. The zero-order valence-corrected chi connectivity index (χ0v) is 19.7. The maximum Gasteiger partial charge on any atom is 0.228 e. The van der Waals surface area contributed by atoms with E-state index in [4.69, 9.17) is 9.97 Å². The van der Waals surface area contributed by atoms with Crippen molar-refractivity contribution in [2.45, 2.75) is 6.04 Å². The van der Waals surface area contributed by atoms with Crippen molar-refractivity contribution in [3.63, 3.8) is 0 Å². The Balaban J connectivity index is 1.54. The van der Waals surface area contributed by atoms with Crippen molar-refractivity contribution in [2.75, 3.05) is 50.1 Å². The molecule has 0 aliphatic carbocycles. The Hall–Kier alpha value is -3.91. The number of nitrogens with one attached hydrogen (secondary N) is 1. The number of fused-ring (bicyclic) bond motifs is 2. The summed E-state index contributed by atoms with van der Waals surface area (Å²) in [7, 11) is 4.12. The van der Waals surface area contributed by atoms with Crippen LogP contribution in [-0.4, -0.2) is 66.3 Å². The van der Waals surface area contributed by atoms with E-state index in [2.05, 4.69) is 29.2 Å². The highest BCUT2D eigenvalue weighted by Gasteiger charge is 2.31. The minimum Gasteiger partial charge on any atom is -0.508 e. The number of likely N-dealkylation sites (N-methyl/N-ethyl adjacent to an activating group) is 1. The normalized spacial score (nSPS) is 16.2. The molecule has 8 heteroatoms. The Labute approximate surface area is 203 Å². The van der Waals surface area contributed by atoms with Crippen molar-refractivity contribution in [3.05, 3.63) is 66.7 Å². The molecule has 2 N–H and O–H groups in total. The average molecular weight is 471 g/mol. The molecule has 6 rings (SSSR count). The van der Waals surface area contributed by atoms with E-state index in [0.717, 1.165) is 37.0 Å². The largest absolute Gasteiger partial charge is 0.508 e. The molecule has 0 saturated carbocycles. The lowest BCUT2D eigenvalue weighted by atomic mass is 9.96. The van der Waals surface area contributed by atoms with Crippen LogP contribution < -0.4 is 15.1 Å². The van der Waals surface area contributed by atoms with Gasteiger partial charge in [-0.25, -0.2) is 9.37 Å². The van der Waals surface area contributed by atoms with E-state index in [1.165, 1.54) is 0 Å². The molecule has 1 saturated heterocycles. The lowest BCUT2D eigenvalue weighted by Crippen LogP contribution is -2.58. The lowest BCUT2D eigenvalue weighted by Gasteiger charge is -2.43. The molecule has 0 spiro atoms. The summed E-state index contributed by atoms with van der Waals surface area (Å²) in [6.45, 7) is 3.10. The third-order valence-corrected chi connectivity index (χ3v) is 6.93. The number of hydrogen-bond donors (Lipinski definition) is 2. The number of anilines is 2. The highest BCUT2D eigenvalue weighted by molar-refractivity contribution is 6.01. The Bertz CT molecular complexity index is 1460. The van der Waals surface area contributed by atoms with E-state index in [9.17, 15) is 5.11 Å². The van der Waals surface area contributed by atoms with E-state index in [-0.39, 0.29) is 11.3 Å². The second-order valence-electron chi connectivity index (χ2n) is 9.37. The highest BCUT2D eigenvalue weighted by atomic mass is 19.1. The predicted octanol–water partition coefficient (Wildman–Crippen LogP) is 3.93. The number of nitrogens with zero attached hydrogens (tertiary/aromatic N) is 5. The van der Waals surface area contributed by atoms with Crippen LogP contribution in [0.1, 0.15) is 0 Å². The van der Waals surface area contributed by atoms with Crippen LogP contribution in [0.4, 0.5) is 16.2 Å². The number of aromatic nitrogens is 2. The summed E-state index contributed by atoms with van der Waals surface area (Å²) in [5, 5.41) is 15.9. The summed E-state index contributed by atoms with van der Waals surface area (Å²) in [6, 6.07) is 15.1. The third kappa shape index (κ3) is 3.70. The maximum atomic E-state index is 16.3. The Morgan fingerprint density at radius 1 is 1.03 bits per heavy atom. The molecular formula is C27H27FN6O. The zero-order chi connectivity index (χ0) is 24.1. The molecule has 35 heavy (non-hydrogen) atoms. The number of aromatic hydroxyl groups is 1. The summed E-state index contributed by atoms with van der Waals surface area (Å²) in [5.41, 5.74) is 1.33. The van der Waals surface area contributed by atoms with Gasteiger partial charge in [-0.15, -0.1) is 0 Å². The molecule has 178 valence electrons. The van der Waals surface area contributed by atoms with Crippen LogP contribution in [0.25, 0.3) is 32.8 Å². The topological polar surface area (TPSA) is 67.8 Å². The smallest absolute Gasteiger partial charge is 0.228 e. The van der Waals surface area contributed by atoms with Crippen LogP contribution in [0.3, 0.4) is 0 Å². The average Bonchev–Trinajstić information content (AvgIpc) is 2.83. The first-order valence-corrected chi connectivity index (χ1v) is 11.8. The second-order valence-corrected chi connectivity index (χ2v) is 9.37. The van der Waals surface area contributed by atoms with Crippen LogP contribution in [-0.2, 0) is 0 Å². The molecule has 2 aliphatic rings. The minimum absolute atomic E-state index is 0.100. The summed E-state index contributed by atoms with van der Waals surface area (Å²) in [5.74, 6) is 0.923. The Morgan fingerprint density at radius 3 is 2.63 bits per heavy atom. The second kappa shape index (κ2) is 8.39. The number of phenolic OH excluding ortho intramolecular Hbond substituents is 1. The quantitative estimate of drug-likeness (QED) is 0.469. The SMILES string of the molecule is CN(C)C1CN(c2nc(N3C=CNCC3)c3ccc(-c4cc(O)cc5ccccc45)c(F)c3n2)C1. The monoisotopic (exact) mass is 470 g/mol. The fourth-order valence-electron chi connectivity index (χ4n) is 4.83. The molecule has 0 bridgehead atoms. The van der Waals surface area contributed by atoms with Gasteiger partial charge in [-0.2, -0.15) is 4.98 Å². The molecule has 0 unspecified atom stereocenters. The first kappa shape index (κ1) is 21.6. The van der Waals surface area contributed by atoms with Gasteiger partial charge >= 0.3 is 0 Å². The van der Waals surface area contributed by atoms with Gasteiger partial charge in [-0.3, -0.25) is 0 Å². The van der Waals surface area contributed by atoms with E-state index < -0.39 is 5.82 Å². The summed E-state index contributed by atoms with van der Waals surface area (Å²) in [6.07, 6.45) is 3.81. The molecule has 7 nitrogen and oxygen atoms in total. The zero-order valence-electron chi connectivity index (χ0n) is 19.7. The molecule has 1 fully saturated rings. The molecule has 0 radical (unpaired) electrons. The minimum atomic E-state index is -0.410. The molecular weight excluding hydrogens is 443 g/mol. The van der Waals surface area contributed by atoms with Crippen LogP contribution >= 0.6 is 0 Å². The van der Waals surface area contributed by atoms with Crippen LogP contribution in [0.15, 0.2) is 60.9 Å².